The first kappa shape index (κ1) is 19.5. The average molecular weight is 385 g/mol. The Morgan fingerprint density at radius 1 is 1.19 bits per heavy atom. The van der Waals surface area contributed by atoms with Crippen molar-refractivity contribution < 1.29 is 8.42 Å². The van der Waals surface area contributed by atoms with Crippen LogP contribution in [-0.2, 0) is 10.0 Å². The molecule has 1 aromatic heterocycles. The predicted octanol–water partition coefficient (Wildman–Crippen LogP) is 2.73. The van der Waals surface area contributed by atoms with Gasteiger partial charge in [0, 0.05) is 24.7 Å². The lowest BCUT2D eigenvalue weighted by Gasteiger charge is -2.26. The summed E-state index contributed by atoms with van der Waals surface area (Å²) in [5, 5.41) is 8.99. The molecule has 0 N–H and O–H groups in total. The molecule has 7 heteroatoms. The minimum absolute atomic E-state index is 0.0737. The number of pyridine rings is 1. The third-order valence-corrected chi connectivity index (χ3v) is 6.86. The molecule has 0 radical (unpaired) electrons. The standard InChI is InChI=1S/C20H24N4O2S/c1-3-23(4-2)18-12-13-24(15-18)27(25,26)20-7-5-6-19(22-20)17-10-8-16(14-21)9-11-17/h5-11,18H,3-4,12-13,15H2,1-2H3. The van der Waals surface area contributed by atoms with Gasteiger partial charge in [0.05, 0.1) is 17.3 Å². The molecule has 1 atom stereocenters. The summed E-state index contributed by atoms with van der Waals surface area (Å²) in [6, 6.07) is 14.3. The van der Waals surface area contributed by atoms with Gasteiger partial charge < -0.3 is 0 Å². The van der Waals surface area contributed by atoms with Crippen molar-refractivity contribution in [3.05, 3.63) is 48.0 Å². The number of hydrogen-bond acceptors (Lipinski definition) is 5. The maximum atomic E-state index is 13.1. The highest BCUT2D eigenvalue weighted by molar-refractivity contribution is 7.89. The van der Waals surface area contributed by atoms with E-state index >= 15 is 0 Å². The Morgan fingerprint density at radius 2 is 1.89 bits per heavy atom. The number of sulfonamides is 1. The van der Waals surface area contributed by atoms with Gasteiger partial charge in [0.25, 0.3) is 10.0 Å². The highest BCUT2D eigenvalue weighted by atomic mass is 32.2. The number of nitrogens with zero attached hydrogens (tertiary/aromatic N) is 4. The van der Waals surface area contributed by atoms with E-state index in [-0.39, 0.29) is 11.1 Å². The molecule has 1 aliphatic rings. The molecule has 0 aliphatic carbocycles. The van der Waals surface area contributed by atoms with E-state index in [1.807, 2.05) is 0 Å². The van der Waals surface area contributed by atoms with Gasteiger partial charge in [-0.1, -0.05) is 32.0 Å². The van der Waals surface area contributed by atoms with Crippen molar-refractivity contribution in [2.45, 2.75) is 31.3 Å². The van der Waals surface area contributed by atoms with Crippen molar-refractivity contribution in [2.75, 3.05) is 26.2 Å². The fourth-order valence-corrected chi connectivity index (χ4v) is 4.98. The molecule has 0 saturated carbocycles. The van der Waals surface area contributed by atoms with Gasteiger partial charge in [0.15, 0.2) is 5.03 Å². The fraction of sp³-hybridized carbons (Fsp3) is 0.400. The highest BCUT2D eigenvalue weighted by Gasteiger charge is 2.35. The molecule has 2 heterocycles. The van der Waals surface area contributed by atoms with E-state index in [1.54, 1.807) is 46.8 Å². The molecular formula is C20H24N4O2S. The van der Waals surface area contributed by atoms with Crippen LogP contribution in [-0.4, -0.2) is 54.8 Å². The molecular weight excluding hydrogens is 360 g/mol. The Bertz CT molecular complexity index is 931. The summed E-state index contributed by atoms with van der Waals surface area (Å²) < 4.78 is 27.7. The summed E-state index contributed by atoms with van der Waals surface area (Å²) >= 11 is 0. The summed E-state index contributed by atoms with van der Waals surface area (Å²) in [5.41, 5.74) is 1.93. The molecule has 1 aromatic carbocycles. The second kappa shape index (κ2) is 8.17. The van der Waals surface area contributed by atoms with Crippen molar-refractivity contribution in [1.29, 1.82) is 5.26 Å². The van der Waals surface area contributed by atoms with E-state index in [0.717, 1.165) is 25.1 Å². The van der Waals surface area contributed by atoms with E-state index in [0.29, 0.717) is 24.3 Å². The van der Waals surface area contributed by atoms with Crippen LogP contribution in [0, 0.1) is 11.3 Å². The van der Waals surface area contributed by atoms with Gasteiger partial charge in [-0.3, -0.25) is 4.90 Å². The molecule has 27 heavy (non-hydrogen) atoms. The number of aromatic nitrogens is 1. The van der Waals surface area contributed by atoms with E-state index in [9.17, 15) is 8.42 Å². The largest absolute Gasteiger partial charge is 0.300 e. The van der Waals surface area contributed by atoms with Crippen LogP contribution in [0.5, 0.6) is 0 Å². The van der Waals surface area contributed by atoms with E-state index in [2.05, 4.69) is 29.8 Å². The van der Waals surface area contributed by atoms with E-state index < -0.39 is 10.0 Å². The van der Waals surface area contributed by atoms with Gasteiger partial charge in [-0.25, -0.2) is 13.4 Å². The molecule has 0 bridgehead atoms. The number of likely N-dealkylation sites (N-methyl/N-ethyl adjacent to an activating group) is 1. The van der Waals surface area contributed by atoms with Crippen molar-refractivity contribution in [3.8, 4) is 17.3 Å². The Labute approximate surface area is 161 Å². The second-order valence-electron chi connectivity index (χ2n) is 6.58. The molecule has 2 aromatic rings. The molecule has 1 saturated heterocycles. The van der Waals surface area contributed by atoms with Crippen molar-refractivity contribution >= 4 is 10.0 Å². The third-order valence-electron chi connectivity index (χ3n) is 5.09. The van der Waals surface area contributed by atoms with Crippen LogP contribution >= 0.6 is 0 Å². The number of rotatable bonds is 6. The first-order chi connectivity index (χ1) is 13.0. The number of hydrogen-bond donors (Lipinski definition) is 0. The molecule has 0 spiro atoms. The summed E-state index contributed by atoms with van der Waals surface area (Å²) in [5.74, 6) is 0. The number of nitriles is 1. The topological polar surface area (TPSA) is 77.3 Å². The Morgan fingerprint density at radius 3 is 2.52 bits per heavy atom. The van der Waals surface area contributed by atoms with Crippen LogP contribution in [0.1, 0.15) is 25.8 Å². The monoisotopic (exact) mass is 384 g/mol. The zero-order valence-corrected chi connectivity index (χ0v) is 16.5. The SMILES string of the molecule is CCN(CC)C1CCN(S(=O)(=O)c2cccc(-c3ccc(C#N)cc3)n2)C1. The first-order valence-electron chi connectivity index (χ1n) is 9.21. The minimum atomic E-state index is -3.62. The van der Waals surface area contributed by atoms with Crippen LogP contribution < -0.4 is 0 Å². The fourth-order valence-electron chi connectivity index (χ4n) is 3.53. The van der Waals surface area contributed by atoms with Gasteiger partial charge in [-0.15, -0.1) is 0 Å². The van der Waals surface area contributed by atoms with Crippen LogP contribution in [0.15, 0.2) is 47.5 Å². The lowest BCUT2D eigenvalue weighted by molar-refractivity contribution is 0.224. The summed E-state index contributed by atoms with van der Waals surface area (Å²) in [6.45, 7) is 7.06. The molecule has 142 valence electrons. The smallest absolute Gasteiger partial charge is 0.260 e. The van der Waals surface area contributed by atoms with Crippen LogP contribution in [0.2, 0.25) is 0 Å². The lowest BCUT2D eigenvalue weighted by atomic mass is 10.1. The summed E-state index contributed by atoms with van der Waals surface area (Å²) in [6.07, 6.45) is 0.843. The molecule has 1 unspecified atom stereocenters. The normalized spacial score (nSPS) is 17.9. The van der Waals surface area contributed by atoms with E-state index in [1.165, 1.54) is 0 Å². The second-order valence-corrected chi connectivity index (χ2v) is 8.46. The molecule has 1 fully saturated rings. The minimum Gasteiger partial charge on any atom is -0.300 e. The zero-order chi connectivity index (χ0) is 19.4. The Hall–Kier alpha value is -2.27. The number of benzene rings is 1. The molecule has 6 nitrogen and oxygen atoms in total. The van der Waals surface area contributed by atoms with Gasteiger partial charge in [0.2, 0.25) is 0 Å². The molecule has 0 amide bonds. The quantitative estimate of drug-likeness (QED) is 0.765. The van der Waals surface area contributed by atoms with Gasteiger partial charge in [-0.05, 0) is 43.8 Å². The Balaban J connectivity index is 1.84. The van der Waals surface area contributed by atoms with Crippen LogP contribution in [0.3, 0.4) is 0 Å². The van der Waals surface area contributed by atoms with Crippen LogP contribution in [0.4, 0.5) is 0 Å². The molecule has 3 rings (SSSR count). The van der Waals surface area contributed by atoms with E-state index in [4.69, 9.17) is 5.26 Å². The average Bonchev–Trinajstić information content (AvgIpc) is 3.20. The van der Waals surface area contributed by atoms with Gasteiger partial charge >= 0.3 is 0 Å². The zero-order valence-electron chi connectivity index (χ0n) is 15.7. The lowest BCUT2D eigenvalue weighted by Crippen LogP contribution is -2.38. The summed E-state index contributed by atoms with van der Waals surface area (Å²) in [4.78, 5) is 6.70. The van der Waals surface area contributed by atoms with Crippen molar-refractivity contribution in [1.82, 2.24) is 14.2 Å². The predicted molar refractivity (Wildman–Crippen MR) is 104 cm³/mol. The van der Waals surface area contributed by atoms with Gasteiger partial charge in [0.1, 0.15) is 0 Å². The highest BCUT2D eigenvalue weighted by Crippen LogP contribution is 2.25. The third kappa shape index (κ3) is 4.03. The van der Waals surface area contributed by atoms with Crippen molar-refractivity contribution in [3.63, 3.8) is 0 Å². The van der Waals surface area contributed by atoms with Crippen LogP contribution in [0.25, 0.3) is 11.3 Å². The maximum absolute atomic E-state index is 13.1. The maximum Gasteiger partial charge on any atom is 0.260 e. The summed E-state index contributed by atoms with van der Waals surface area (Å²) in [7, 11) is -3.62. The molecule has 1 aliphatic heterocycles. The Kier molecular flexibility index (Phi) is 5.90. The van der Waals surface area contributed by atoms with Crippen molar-refractivity contribution in [2.24, 2.45) is 0 Å². The first-order valence-corrected chi connectivity index (χ1v) is 10.7. The van der Waals surface area contributed by atoms with Gasteiger partial charge in [-0.2, -0.15) is 9.57 Å².